The zero-order chi connectivity index (χ0) is 28.8. The van der Waals surface area contributed by atoms with Crippen molar-refractivity contribution >= 4 is 16.0 Å². The number of carboxylic acid groups (broad SMARTS) is 1. The minimum Gasteiger partial charge on any atom is -0.480 e. The highest BCUT2D eigenvalue weighted by molar-refractivity contribution is 7.88. The molecule has 0 amide bonds. The summed E-state index contributed by atoms with van der Waals surface area (Å²) in [5.41, 5.74) is 2.45. The summed E-state index contributed by atoms with van der Waals surface area (Å²) in [7, 11) is -3.30. The van der Waals surface area contributed by atoms with Crippen molar-refractivity contribution in [2.45, 2.75) is 69.4 Å². The van der Waals surface area contributed by atoms with Crippen molar-refractivity contribution in [1.29, 1.82) is 0 Å². The van der Waals surface area contributed by atoms with E-state index in [1.54, 1.807) is 4.31 Å². The fourth-order valence-corrected chi connectivity index (χ4v) is 8.90. The molecule has 1 saturated carbocycles. The smallest absolute Gasteiger partial charge is 0.321 e. The lowest BCUT2D eigenvalue weighted by molar-refractivity contribution is -0.145. The van der Waals surface area contributed by atoms with Gasteiger partial charge in [0.25, 0.3) is 0 Å². The van der Waals surface area contributed by atoms with Crippen molar-refractivity contribution in [2.24, 2.45) is 11.8 Å². The van der Waals surface area contributed by atoms with Crippen molar-refractivity contribution in [3.05, 3.63) is 71.8 Å². The van der Waals surface area contributed by atoms with Crippen LogP contribution in [0.2, 0.25) is 0 Å². The number of nitrogens with zero attached hydrogens (tertiary/aromatic N) is 3. The first-order valence-corrected chi connectivity index (χ1v) is 17.4. The van der Waals surface area contributed by atoms with Gasteiger partial charge in [0, 0.05) is 38.1 Å². The molecule has 0 spiro atoms. The molecule has 0 bridgehead atoms. The van der Waals surface area contributed by atoms with Gasteiger partial charge in [-0.05, 0) is 68.2 Å². The summed E-state index contributed by atoms with van der Waals surface area (Å²) in [4.78, 5) is 17.3. The third kappa shape index (κ3) is 7.78. The van der Waals surface area contributed by atoms with E-state index in [-0.39, 0.29) is 12.0 Å². The van der Waals surface area contributed by atoms with Crippen LogP contribution in [0.3, 0.4) is 0 Å². The summed E-state index contributed by atoms with van der Waals surface area (Å²) in [6, 6.07) is 20.3. The Kier molecular flexibility index (Phi) is 10.2. The minimum absolute atomic E-state index is 0.0256. The topological polar surface area (TPSA) is 81.2 Å². The Bertz CT molecular complexity index is 1210. The average molecular weight is 582 g/mol. The molecule has 1 N–H and O–H groups in total. The van der Waals surface area contributed by atoms with E-state index in [4.69, 9.17) is 0 Å². The molecule has 7 nitrogen and oxygen atoms in total. The van der Waals surface area contributed by atoms with Crippen molar-refractivity contribution in [3.63, 3.8) is 0 Å². The first kappa shape index (κ1) is 30.2. The number of piperidine rings is 1. The van der Waals surface area contributed by atoms with Crippen LogP contribution in [-0.2, 0) is 21.2 Å². The van der Waals surface area contributed by atoms with Crippen LogP contribution in [0.15, 0.2) is 60.7 Å². The monoisotopic (exact) mass is 581 g/mol. The fraction of sp³-hybridized carbons (Fsp3) is 0.606. The maximum Gasteiger partial charge on any atom is 0.321 e. The standard InChI is InChI=1S/C33H47N3O4S/c1-41(39,40)36(22-17-26-11-5-2-6-12-26)30-18-20-34(21-19-30)23-29-24-35(25-31(29)27-13-7-3-8-14-27)32(33(37)38)28-15-9-4-10-16-28/h2-3,5-8,11-14,28-32H,4,9-10,15-25H2,1H3,(H,37,38). The van der Waals surface area contributed by atoms with Gasteiger partial charge in [-0.2, -0.15) is 4.31 Å². The van der Waals surface area contributed by atoms with Gasteiger partial charge in [-0.25, -0.2) is 8.42 Å². The number of sulfonamides is 1. The third-order valence-electron chi connectivity index (χ3n) is 9.79. The summed E-state index contributed by atoms with van der Waals surface area (Å²) in [5.74, 6) is 0.229. The van der Waals surface area contributed by atoms with Gasteiger partial charge in [0.2, 0.25) is 10.0 Å². The molecular weight excluding hydrogens is 534 g/mol. The number of carboxylic acids is 1. The highest BCUT2D eigenvalue weighted by Gasteiger charge is 2.43. The van der Waals surface area contributed by atoms with Crippen molar-refractivity contribution in [1.82, 2.24) is 14.1 Å². The molecule has 3 unspecified atom stereocenters. The van der Waals surface area contributed by atoms with Crippen LogP contribution in [0.5, 0.6) is 0 Å². The lowest BCUT2D eigenvalue weighted by Crippen LogP contribution is -2.49. The quantitative estimate of drug-likeness (QED) is 0.414. The molecule has 2 aromatic carbocycles. The van der Waals surface area contributed by atoms with E-state index < -0.39 is 22.0 Å². The summed E-state index contributed by atoms with van der Waals surface area (Å²) >= 11 is 0. The van der Waals surface area contributed by atoms with Crippen LogP contribution in [0.25, 0.3) is 0 Å². The van der Waals surface area contributed by atoms with Crippen LogP contribution < -0.4 is 0 Å². The lowest BCUT2D eigenvalue weighted by atomic mass is 9.83. The normalized spacial score (nSPS) is 24.5. The van der Waals surface area contributed by atoms with Crippen molar-refractivity contribution in [2.75, 3.05) is 45.5 Å². The molecule has 2 aliphatic heterocycles. The second kappa shape index (κ2) is 13.8. The first-order chi connectivity index (χ1) is 19.8. The van der Waals surface area contributed by atoms with Crippen LogP contribution in [0.4, 0.5) is 0 Å². The molecular formula is C33H47N3O4S. The Morgan fingerprint density at radius 2 is 1.56 bits per heavy atom. The van der Waals surface area contributed by atoms with Gasteiger partial charge in [-0.1, -0.05) is 79.9 Å². The van der Waals surface area contributed by atoms with E-state index in [1.807, 2.05) is 24.3 Å². The number of hydrogen-bond donors (Lipinski definition) is 1. The Balaban J connectivity index is 1.24. The number of rotatable bonds is 11. The molecule has 3 atom stereocenters. The SMILES string of the molecule is CS(=O)(=O)N(CCc1ccccc1)C1CCN(CC2CN(C(C(=O)O)C3CCCCC3)CC2c2ccccc2)CC1. The van der Waals surface area contributed by atoms with Crippen LogP contribution in [0.1, 0.15) is 62.0 Å². The van der Waals surface area contributed by atoms with Crippen LogP contribution in [0, 0.1) is 11.8 Å². The fourth-order valence-electron chi connectivity index (χ4n) is 7.73. The molecule has 41 heavy (non-hydrogen) atoms. The molecule has 2 saturated heterocycles. The summed E-state index contributed by atoms with van der Waals surface area (Å²) < 4.78 is 27.2. The molecule has 224 valence electrons. The number of benzene rings is 2. The van der Waals surface area contributed by atoms with E-state index in [0.29, 0.717) is 18.4 Å². The van der Waals surface area contributed by atoms with Gasteiger partial charge in [0.15, 0.2) is 0 Å². The van der Waals surface area contributed by atoms with Crippen LogP contribution in [-0.4, -0.2) is 91.2 Å². The Morgan fingerprint density at radius 1 is 0.927 bits per heavy atom. The molecule has 1 aliphatic carbocycles. The molecule has 0 aromatic heterocycles. The average Bonchev–Trinajstić information content (AvgIpc) is 3.37. The highest BCUT2D eigenvalue weighted by atomic mass is 32.2. The Hall–Kier alpha value is -2.26. The first-order valence-electron chi connectivity index (χ1n) is 15.5. The molecule has 8 heteroatoms. The predicted molar refractivity (Wildman–Crippen MR) is 163 cm³/mol. The number of carbonyl (C=O) groups is 1. The zero-order valence-electron chi connectivity index (χ0n) is 24.5. The second-order valence-corrected chi connectivity index (χ2v) is 14.5. The summed E-state index contributed by atoms with van der Waals surface area (Å²) in [6.07, 6.45) is 9.24. The van der Waals surface area contributed by atoms with Crippen LogP contribution >= 0.6 is 0 Å². The predicted octanol–water partition coefficient (Wildman–Crippen LogP) is 4.70. The second-order valence-electron chi connectivity index (χ2n) is 12.6. The highest BCUT2D eigenvalue weighted by Crippen LogP contribution is 2.38. The van der Waals surface area contributed by atoms with E-state index >= 15 is 0 Å². The van der Waals surface area contributed by atoms with E-state index in [1.165, 1.54) is 18.2 Å². The molecule has 3 fully saturated rings. The molecule has 2 aromatic rings. The molecule has 3 aliphatic rings. The van der Waals surface area contributed by atoms with Crippen molar-refractivity contribution in [3.8, 4) is 0 Å². The molecule has 0 radical (unpaired) electrons. The third-order valence-corrected chi connectivity index (χ3v) is 11.1. The molecule has 2 heterocycles. The van der Waals surface area contributed by atoms with Gasteiger partial charge in [-0.3, -0.25) is 9.69 Å². The van der Waals surface area contributed by atoms with Gasteiger partial charge in [-0.15, -0.1) is 0 Å². The minimum atomic E-state index is -3.30. The molecule has 5 rings (SSSR count). The van der Waals surface area contributed by atoms with Gasteiger partial charge < -0.3 is 10.0 Å². The summed E-state index contributed by atoms with van der Waals surface area (Å²) in [6.45, 7) is 4.76. The number of likely N-dealkylation sites (tertiary alicyclic amines) is 2. The number of hydrogen-bond acceptors (Lipinski definition) is 5. The van der Waals surface area contributed by atoms with Gasteiger partial charge in [0.05, 0.1) is 6.26 Å². The zero-order valence-corrected chi connectivity index (χ0v) is 25.3. The van der Waals surface area contributed by atoms with E-state index in [2.05, 4.69) is 46.2 Å². The Labute approximate surface area is 246 Å². The Morgan fingerprint density at radius 3 is 2.17 bits per heavy atom. The van der Waals surface area contributed by atoms with Gasteiger partial charge >= 0.3 is 5.97 Å². The van der Waals surface area contributed by atoms with E-state index in [0.717, 1.165) is 83.2 Å². The maximum atomic E-state index is 12.8. The van der Waals surface area contributed by atoms with Crippen molar-refractivity contribution < 1.29 is 18.3 Å². The summed E-state index contributed by atoms with van der Waals surface area (Å²) in [5, 5.41) is 10.3. The maximum absolute atomic E-state index is 12.8. The van der Waals surface area contributed by atoms with Gasteiger partial charge in [0.1, 0.15) is 6.04 Å². The van der Waals surface area contributed by atoms with E-state index in [9.17, 15) is 18.3 Å². The largest absolute Gasteiger partial charge is 0.480 e. The number of aliphatic carboxylic acids is 1. The lowest BCUT2D eigenvalue weighted by Gasteiger charge is -2.39.